The van der Waals surface area contributed by atoms with Crippen molar-refractivity contribution in [2.45, 2.75) is 26.4 Å². The third kappa shape index (κ3) is 5.41. The van der Waals surface area contributed by atoms with Gasteiger partial charge in [0.05, 0.1) is 17.6 Å². The zero-order valence-corrected chi connectivity index (χ0v) is 19.6. The van der Waals surface area contributed by atoms with Crippen molar-refractivity contribution in [3.05, 3.63) is 46.0 Å². The van der Waals surface area contributed by atoms with Gasteiger partial charge in [0.25, 0.3) is 0 Å². The van der Waals surface area contributed by atoms with Crippen molar-refractivity contribution in [3.63, 3.8) is 0 Å². The first-order valence-electron chi connectivity index (χ1n) is 9.43. The summed E-state index contributed by atoms with van der Waals surface area (Å²) in [5.41, 5.74) is 3.65. The molecule has 0 aliphatic rings. The number of aryl methyl sites for hydroxylation is 1. The molecule has 3 aromatic rings. The molecule has 0 bridgehead atoms. The van der Waals surface area contributed by atoms with Gasteiger partial charge in [0.1, 0.15) is 18.0 Å². The average Bonchev–Trinajstić information content (AvgIpc) is 2.96. The van der Waals surface area contributed by atoms with Gasteiger partial charge in [-0.15, -0.1) is 0 Å². The van der Waals surface area contributed by atoms with Crippen molar-refractivity contribution < 1.29 is 14.3 Å². The number of likely N-dealkylation sites (N-methyl/N-ethyl adjacent to an activating group) is 1. The minimum Gasteiger partial charge on any atom is -0.432 e. The zero-order chi connectivity index (χ0) is 21.2. The van der Waals surface area contributed by atoms with E-state index in [0.717, 1.165) is 28.1 Å². The number of anilines is 1. The third-order valence-electron chi connectivity index (χ3n) is 4.45. The molecule has 0 aliphatic heterocycles. The quantitative estimate of drug-likeness (QED) is 0.350. The molecular formula is C22H26IN3O3. The Balaban J connectivity index is 1.64. The molecule has 2 aromatic carbocycles. The van der Waals surface area contributed by atoms with E-state index < -0.39 is 11.8 Å². The molecule has 0 aliphatic carbocycles. The van der Waals surface area contributed by atoms with Gasteiger partial charge >= 0.3 is 6.16 Å². The van der Waals surface area contributed by atoms with E-state index in [2.05, 4.69) is 57.5 Å². The number of ether oxygens (including phenoxy) is 2. The molecular weight excluding hydrogens is 481 g/mol. The molecule has 0 radical (unpaired) electrons. The Hall–Kier alpha value is -2.29. The summed E-state index contributed by atoms with van der Waals surface area (Å²) in [6.45, 7) is 6.27. The fourth-order valence-corrected chi connectivity index (χ4v) is 3.45. The van der Waals surface area contributed by atoms with Crippen molar-refractivity contribution in [2.75, 3.05) is 25.1 Å². The molecule has 0 N–H and O–H groups in total. The predicted octanol–water partition coefficient (Wildman–Crippen LogP) is 5.23. The van der Waals surface area contributed by atoms with Crippen LogP contribution in [0.1, 0.15) is 20.8 Å². The molecule has 0 amide bonds. The lowest BCUT2D eigenvalue weighted by molar-refractivity contribution is -0.00588. The molecule has 0 saturated heterocycles. The molecule has 0 spiro atoms. The smallest absolute Gasteiger partial charge is 0.432 e. The summed E-state index contributed by atoms with van der Waals surface area (Å²) in [4.78, 5) is 18.5. The Labute approximate surface area is 185 Å². The number of carbonyl (C=O) groups is 1. The fraction of sp³-hybridized carbons (Fsp3) is 0.364. The highest BCUT2D eigenvalue weighted by Gasteiger charge is 2.17. The normalized spacial score (nSPS) is 11.5. The van der Waals surface area contributed by atoms with Crippen LogP contribution < -0.4 is 4.90 Å². The van der Waals surface area contributed by atoms with Gasteiger partial charge in [0.2, 0.25) is 0 Å². The van der Waals surface area contributed by atoms with Crippen LogP contribution in [0.4, 0.5) is 10.5 Å². The minimum atomic E-state index is -0.641. The van der Waals surface area contributed by atoms with Crippen LogP contribution in [0.3, 0.4) is 0 Å². The van der Waals surface area contributed by atoms with E-state index in [1.54, 1.807) is 0 Å². The molecule has 154 valence electrons. The van der Waals surface area contributed by atoms with Crippen molar-refractivity contribution in [1.82, 2.24) is 9.55 Å². The van der Waals surface area contributed by atoms with Crippen molar-refractivity contribution in [3.8, 4) is 11.4 Å². The summed E-state index contributed by atoms with van der Waals surface area (Å²) in [6, 6.07) is 14.5. The lowest BCUT2D eigenvalue weighted by Gasteiger charge is -2.21. The number of fused-ring (bicyclic) bond motifs is 1. The maximum absolute atomic E-state index is 11.6. The van der Waals surface area contributed by atoms with Gasteiger partial charge in [-0.25, -0.2) is 9.78 Å². The first-order chi connectivity index (χ1) is 13.6. The molecule has 1 aromatic heterocycles. The first-order valence-corrected chi connectivity index (χ1v) is 10.5. The number of imidazole rings is 1. The second-order valence-electron chi connectivity index (χ2n) is 7.91. The van der Waals surface area contributed by atoms with Crippen LogP contribution >= 0.6 is 22.6 Å². The summed E-state index contributed by atoms with van der Waals surface area (Å²) < 4.78 is 13.6. The molecule has 1 heterocycles. The van der Waals surface area contributed by atoms with Gasteiger partial charge in [-0.05, 0) is 85.8 Å². The SMILES string of the molecule is CN(CCOC(=O)OC(C)(C)C)c1ccc(-c2nc3cc(I)ccc3n2C)cc1. The van der Waals surface area contributed by atoms with E-state index in [9.17, 15) is 4.79 Å². The van der Waals surface area contributed by atoms with E-state index in [1.807, 2.05) is 51.9 Å². The molecule has 0 fully saturated rings. The maximum atomic E-state index is 11.6. The van der Waals surface area contributed by atoms with E-state index in [4.69, 9.17) is 14.5 Å². The number of carbonyl (C=O) groups excluding carboxylic acids is 1. The highest BCUT2D eigenvalue weighted by atomic mass is 127. The molecule has 0 unspecified atom stereocenters. The molecule has 7 heteroatoms. The van der Waals surface area contributed by atoms with Gasteiger partial charge in [-0.2, -0.15) is 0 Å². The number of nitrogens with zero attached hydrogens (tertiary/aromatic N) is 3. The second kappa shape index (κ2) is 8.61. The van der Waals surface area contributed by atoms with Gasteiger partial charge in [0, 0.05) is 28.9 Å². The summed E-state index contributed by atoms with van der Waals surface area (Å²) >= 11 is 2.30. The number of hydrogen-bond donors (Lipinski definition) is 0. The van der Waals surface area contributed by atoms with Crippen molar-refractivity contribution >= 4 is 45.5 Å². The monoisotopic (exact) mass is 507 g/mol. The Kier molecular flexibility index (Phi) is 6.36. The zero-order valence-electron chi connectivity index (χ0n) is 17.4. The number of hydrogen-bond acceptors (Lipinski definition) is 5. The van der Waals surface area contributed by atoms with Crippen LogP contribution in [0.5, 0.6) is 0 Å². The molecule has 0 saturated carbocycles. The molecule has 29 heavy (non-hydrogen) atoms. The van der Waals surface area contributed by atoms with Crippen LogP contribution in [0, 0.1) is 3.57 Å². The highest BCUT2D eigenvalue weighted by molar-refractivity contribution is 14.1. The van der Waals surface area contributed by atoms with E-state index in [0.29, 0.717) is 6.54 Å². The molecule has 0 atom stereocenters. The Bertz CT molecular complexity index is 1010. The third-order valence-corrected chi connectivity index (χ3v) is 5.12. The van der Waals surface area contributed by atoms with Crippen LogP contribution in [-0.2, 0) is 16.5 Å². The number of halogens is 1. The maximum Gasteiger partial charge on any atom is 0.508 e. The van der Waals surface area contributed by atoms with Gasteiger partial charge < -0.3 is 18.9 Å². The van der Waals surface area contributed by atoms with E-state index in [1.165, 1.54) is 3.57 Å². The molecule has 3 rings (SSSR count). The van der Waals surface area contributed by atoms with Crippen molar-refractivity contribution in [2.24, 2.45) is 7.05 Å². The van der Waals surface area contributed by atoms with Gasteiger partial charge in [0.15, 0.2) is 0 Å². The van der Waals surface area contributed by atoms with Crippen molar-refractivity contribution in [1.29, 1.82) is 0 Å². The van der Waals surface area contributed by atoms with Crippen LogP contribution in [-0.4, -0.2) is 41.5 Å². The summed E-state index contributed by atoms with van der Waals surface area (Å²) in [7, 11) is 4.00. The lowest BCUT2D eigenvalue weighted by Crippen LogP contribution is -2.28. The van der Waals surface area contributed by atoms with Crippen LogP contribution in [0.2, 0.25) is 0 Å². The standard InChI is InChI=1S/C22H26IN3O3/c1-22(2,3)29-21(27)28-13-12-25(4)17-9-6-15(7-10-17)20-24-18-14-16(23)8-11-19(18)26(20)5/h6-11,14H,12-13H2,1-5H3. The highest BCUT2D eigenvalue weighted by Crippen LogP contribution is 2.26. The number of aromatic nitrogens is 2. The Morgan fingerprint density at radius 1 is 1.17 bits per heavy atom. The second-order valence-corrected chi connectivity index (χ2v) is 9.15. The fourth-order valence-electron chi connectivity index (χ4n) is 2.97. The summed E-state index contributed by atoms with van der Waals surface area (Å²) in [6.07, 6.45) is -0.641. The number of benzene rings is 2. The number of rotatable bonds is 5. The predicted molar refractivity (Wildman–Crippen MR) is 124 cm³/mol. The first kappa shape index (κ1) is 21.4. The van der Waals surface area contributed by atoms with Gasteiger partial charge in [-0.1, -0.05) is 0 Å². The Morgan fingerprint density at radius 2 is 1.86 bits per heavy atom. The van der Waals surface area contributed by atoms with Crippen LogP contribution in [0.15, 0.2) is 42.5 Å². The Morgan fingerprint density at radius 3 is 2.52 bits per heavy atom. The topological polar surface area (TPSA) is 56.6 Å². The summed E-state index contributed by atoms with van der Waals surface area (Å²) in [5, 5.41) is 0. The van der Waals surface area contributed by atoms with Crippen LogP contribution in [0.25, 0.3) is 22.4 Å². The minimum absolute atomic E-state index is 0.260. The lowest BCUT2D eigenvalue weighted by atomic mass is 10.2. The summed E-state index contributed by atoms with van der Waals surface area (Å²) in [5.74, 6) is 0.935. The largest absolute Gasteiger partial charge is 0.508 e. The van der Waals surface area contributed by atoms with Gasteiger partial charge in [-0.3, -0.25) is 0 Å². The van der Waals surface area contributed by atoms with E-state index in [-0.39, 0.29) is 6.61 Å². The van der Waals surface area contributed by atoms with E-state index >= 15 is 0 Å². The average molecular weight is 507 g/mol. The molecule has 6 nitrogen and oxygen atoms in total.